The van der Waals surface area contributed by atoms with Crippen molar-refractivity contribution in [3.8, 4) is 0 Å². The topological polar surface area (TPSA) is 63.4 Å². The smallest absolute Gasteiger partial charge is 0.264 e. The number of halogens is 1. The Balaban J connectivity index is 0.00000208. The van der Waals surface area contributed by atoms with Gasteiger partial charge in [-0.25, -0.2) is 8.42 Å². The van der Waals surface area contributed by atoms with Crippen molar-refractivity contribution in [3.63, 3.8) is 0 Å². The molecule has 0 bridgehead atoms. The van der Waals surface area contributed by atoms with E-state index in [1.54, 1.807) is 12.1 Å². The molecule has 1 aliphatic rings. The van der Waals surface area contributed by atoms with Gasteiger partial charge in [-0.2, -0.15) is 0 Å². The van der Waals surface area contributed by atoms with Crippen LogP contribution >= 0.6 is 12.4 Å². The van der Waals surface area contributed by atoms with Crippen molar-refractivity contribution in [2.45, 2.75) is 37.5 Å². The number of rotatable bonds is 3. The van der Waals surface area contributed by atoms with E-state index >= 15 is 0 Å². The first-order chi connectivity index (χ1) is 10.9. The summed E-state index contributed by atoms with van der Waals surface area (Å²) in [5, 5.41) is 0. The van der Waals surface area contributed by atoms with Crippen LogP contribution in [0.2, 0.25) is 0 Å². The van der Waals surface area contributed by atoms with Crippen molar-refractivity contribution in [2.24, 2.45) is 0 Å². The van der Waals surface area contributed by atoms with Gasteiger partial charge < -0.3 is 5.73 Å². The lowest BCUT2D eigenvalue weighted by Gasteiger charge is -2.31. The number of nitrogens with two attached hydrogens (primary N) is 1. The summed E-state index contributed by atoms with van der Waals surface area (Å²) in [6, 6.07) is 12.7. The number of fused-ring (bicyclic) bond motifs is 1. The number of hydrogen-bond donors (Lipinski definition) is 1. The van der Waals surface area contributed by atoms with Gasteiger partial charge in [0.1, 0.15) is 0 Å². The minimum Gasteiger partial charge on any atom is -0.398 e. The van der Waals surface area contributed by atoms with Gasteiger partial charge in [-0.3, -0.25) is 4.31 Å². The zero-order valence-electron chi connectivity index (χ0n) is 13.9. The third-order valence-electron chi connectivity index (χ3n) is 4.38. The van der Waals surface area contributed by atoms with Gasteiger partial charge in [0.05, 0.1) is 10.6 Å². The van der Waals surface area contributed by atoms with Crippen molar-refractivity contribution in [1.82, 2.24) is 0 Å². The predicted molar refractivity (Wildman–Crippen MR) is 101 cm³/mol. The zero-order valence-corrected chi connectivity index (χ0v) is 15.5. The number of nitrogens with zero attached hydrogens (tertiary/aromatic N) is 1. The lowest BCUT2D eigenvalue weighted by Crippen LogP contribution is -2.35. The molecule has 1 aliphatic heterocycles. The van der Waals surface area contributed by atoms with Crippen LogP contribution in [0.5, 0.6) is 0 Å². The second kappa shape index (κ2) is 7.03. The maximum Gasteiger partial charge on any atom is 0.264 e. The van der Waals surface area contributed by atoms with E-state index in [0.29, 0.717) is 28.7 Å². The zero-order chi connectivity index (χ0) is 16.6. The Hall–Kier alpha value is -1.72. The summed E-state index contributed by atoms with van der Waals surface area (Å²) in [7, 11) is -3.56. The summed E-state index contributed by atoms with van der Waals surface area (Å²) >= 11 is 0. The lowest BCUT2D eigenvalue weighted by molar-refractivity contribution is 0.586. The molecule has 130 valence electrons. The van der Waals surface area contributed by atoms with E-state index < -0.39 is 10.0 Å². The number of benzene rings is 2. The molecule has 0 aromatic heterocycles. The molecule has 1 heterocycles. The molecule has 0 unspecified atom stereocenters. The maximum absolute atomic E-state index is 13.0. The maximum atomic E-state index is 13.0. The molecule has 0 atom stereocenters. The molecule has 2 aromatic carbocycles. The summed E-state index contributed by atoms with van der Waals surface area (Å²) in [6.07, 6.45) is 1.60. The molecule has 3 rings (SSSR count). The second-order valence-corrected chi connectivity index (χ2v) is 8.11. The van der Waals surface area contributed by atoms with Gasteiger partial charge in [-0.05, 0) is 54.2 Å². The van der Waals surface area contributed by atoms with Crippen LogP contribution in [0.1, 0.15) is 37.3 Å². The van der Waals surface area contributed by atoms with Gasteiger partial charge in [0.15, 0.2) is 0 Å². The van der Waals surface area contributed by atoms with Crippen molar-refractivity contribution in [2.75, 3.05) is 16.6 Å². The molecule has 2 aromatic rings. The van der Waals surface area contributed by atoms with Crippen molar-refractivity contribution >= 4 is 33.8 Å². The van der Waals surface area contributed by atoms with Crippen molar-refractivity contribution in [1.29, 1.82) is 0 Å². The molecule has 4 nitrogen and oxygen atoms in total. The van der Waals surface area contributed by atoms with Gasteiger partial charge in [0.2, 0.25) is 0 Å². The minimum absolute atomic E-state index is 0. The van der Waals surface area contributed by atoms with E-state index in [1.165, 1.54) is 4.31 Å². The first-order valence-corrected chi connectivity index (χ1v) is 9.35. The highest BCUT2D eigenvalue weighted by molar-refractivity contribution is 7.92. The van der Waals surface area contributed by atoms with Crippen LogP contribution in [0.3, 0.4) is 0 Å². The second-order valence-electron chi connectivity index (χ2n) is 6.25. The van der Waals surface area contributed by atoms with Gasteiger partial charge in [-0.1, -0.05) is 32.0 Å². The first-order valence-electron chi connectivity index (χ1n) is 7.91. The van der Waals surface area contributed by atoms with Crippen molar-refractivity contribution in [3.05, 3.63) is 53.6 Å². The van der Waals surface area contributed by atoms with Crippen LogP contribution in [-0.4, -0.2) is 15.0 Å². The SMILES string of the molecule is CC(C)c1ccc(S(=O)(=O)N2CCCc3c(N)cccc32)cc1.Cl. The van der Waals surface area contributed by atoms with E-state index in [2.05, 4.69) is 13.8 Å². The number of sulfonamides is 1. The van der Waals surface area contributed by atoms with Gasteiger partial charge in [-0.15, -0.1) is 12.4 Å². The lowest BCUT2D eigenvalue weighted by atomic mass is 10.0. The summed E-state index contributed by atoms with van der Waals surface area (Å²) in [4.78, 5) is 0.331. The highest BCUT2D eigenvalue weighted by atomic mass is 35.5. The van der Waals surface area contributed by atoms with Crippen LogP contribution in [-0.2, 0) is 16.4 Å². The molecular weight excluding hydrogens is 344 g/mol. The number of anilines is 2. The Morgan fingerprint density at radius 3 is 2.38 bits per heavy atom. The molecule has 0 amide bonds. The van der Waals surface area contributed by atoms with E-state index in [0.717, 1.165) is 24.0 Å². The predicted octanol–water partition coefficient (Wildman–Crippen LogP) is 3.96. The number of nitrogen functional groups attached to an aromatic ring is 1. The molecule has 0 spiro atoms. The van der Waals surface area contributed by atoms with Gasteiger partial charge >= 0.3 is 0 Å². The van der Waals surface area contributed by atoms with Gasteiger partial charge in [0.25, 0.3) is 10.0 Å². The third kappa shape index (κ3) is 3.23. The summed E-state index contributed by atoms with van der Waals surface area (Å²) in [6.45, 7) is 4.67. The van der Waals surface area contributed by atoms with Crippen molar-refractivity contribution < 1.29 is 8.42 Å². The van der Waals surface area contributed by atoms with E-state index in [4.69, 9.17) is 5.73 Å². The molecule has 24 heavy (non-hydrogen) atoms. The molecule has 0 saturated carbocycles. The first kappa shape index (κ1) is 18.6. The van der Waals surface area contributed by atoms with E-state index in [1.807, 2.05) is 30.3 Å². The molecule has 0 radical (unpaired) electrons. The normalized spacial score (nSPS) is 14.2. The Bertz CT molecular complexity index is 817. The average molecular weight is 367 g/mol. The van der Waals surface area contributed by atoms with E-state index in [-0.39, 0.29) is 12.4 Å². The summed E-state index contributed by atoms with van der Waals surface area (Å²) < 4.78 is 27.5. The standard InChI is InChI=1S/C18H22N2O2S.ClH/c1-13(2)14-8-10-15(11-9-14)23(21,22)20-12-4-5-16-17(19)6-3-7-18(16)20;/h3,6-11,13H,4-5,12,19H2,1-2H3;1H. The fourth-order valence-electron chi connectivity index (χ4n) is 3.02. The minimum atomic E-state index is -3.56. The Morgan fingerprint density at radius 2 is 1.75 bits per heavy atom. The molecule has 0 fully saturated rings. The van der Waals surface area contributed by atoms with Crippen LogP contribution < -0.4 is 10.0 Å². The molecule has 0 aliphatic carbocycles. The van der Waals surface area contributed by atoms with E-state index in [9.17, 15) is 8.42 Å². The van der Waals surface area contributed by atoms with Crippen LogP contribution in [0.25, 0.3) is 0 Å². The fourth-order valence-corrected chi connectivity index (χ4v) is 4.55. The fraction of sp³-hybridized carbons (Fsp3) is 0.333. The Morgan fingerprint density at radius 1 is 1.08 bits per heavy atom. The van der Waals surface area contributed by atoms with Gasteiger partial charge in [0, 0.05) is 12.2 Å². The summed E-state index contributed by atoms with van der Waals surface area (Å²) in [5.41, 5.74) is 9.46. The summed E-state index contributed by atoms with van der Waals surface area (Å²) in [5.74, 6) is 0.377. The van der Waals surface area contributed by atoms with Crippen LogP contribution in [0.15, 0.2) is 47.4 Å². The third-order valence-corrected chi connectivity index (χ3v) is 6.21. The highest BCUT2D eigenvalue weighted by Crippen LogP contribution is 2.35. The van der Waals surface area contributed by atoms with Crippen LogP contribution in [0, 0.1) is 0 Å². The molecule has 2 N–H and O–H groups in total. The molecule has 0 saturated heterocycles. The molecular formula is C18H23ClN2O2S. The quantitative estimate of drug-likeness (QED) is 0.836. The average Bonchev–Trinajstić information content (AvgIpc) is 2.55. The number of hydrogen-bond acceptors (Lipinski definition) is 3. The highest BCUT2D eigenvalue weighted by Gasteiger charge is 2.29. The van der Waals surface area contributed by atoms with Crippen LogP contribution in [0.4, 0.5) is 11.4 Å². The molecule has 6 heteroatoms. The Kier molecular flexibility index (Phi) is 5.45. The Labute approximate surface area is 150 Å². The largest absolute Gasteiger partial charge is 0.398 e. The monoisotopic (exact) mass is 366 g/mol.